The highest BCUT2D eigenvalue weighted by molar-refractivity contribution is 7.89. The molecule has 11 nitrogen and oxygen atoms in total. The molecular formula is C32H45N5O6S. The van der Waals surface area contributed by atoms with E-state index in [1.165, 1.54) is 26.0 Å². The first-order valence-corrected chi connectivity index (χ1v) is 17.0. The Labute approximate surface area is 260 Å². The zero-order chi connectivity index (χ0) is 31.9. The zero-order valence-electron chi connectivity index (χ0n) is 26.1. The number of fused-ring (bicyclic) bond motifs is 1. The maximum Gasteiger partial charge on any atom is 0.312 e. The lowest BCUT2D eigenvalue weighted by Gasteiger charge is -2.35. The van der Waals surface area contributed by atoms with Crippen molar-refractivity contribution in [2.45, 2.75) is 77.0 Å². The average molecular weight is 628 g/mol. The van der Waals surface area contributed by atoms with Crippen LogP contribution in [-0.2, 0) is 37.5 Å². The first-order chi connectivity index (χ1) is 21.1. The van der Waals surface area contributed by atoms with Gasteiger partial charge < -0.3 is 19.3 Å². The lowest BCUT2D eigenvalue weighted by Crippen LogP contribution is -2.37. The summed E-state index contributed by atoms with van der Waals surface area (Å²) in [6, 6.07) is 10.2. The second kappa shape index (κ2) is 15.1. The summed E-state index contributed by atoms with van der Waals surface area (Å²) in [5, 5.41) is 10.3. The Hall–Kier alpha value is -3.35. The molecule has 2 saturated carbocycles. The van der Waals surface area contributed by atoms with Gasteiger partial charge in [-0.3, -0.25) is 9.59 Å². The van der Waals surface area contributed by atoms with Crippen LogP contribution >= 0.6 is 0 Å². The predicted molar refractivity (Wildman–Crippen MR) is 170 cm³/mol. The standard InChI is InChI=1S/C16H25N5O3S.C16H20O3/c1-17-25(23,24)9-12-3-5-13(6-4-12)20(2)15-14-7-8-21(11-22)16(14)19-10-18-15;1-11(16(18)19-2)13-8-6-12(7-9-13)10-14-4-3-5-15(14)17/h7-8,10,12-13,17,22H,3-6,9,11H2,1-2H3;6-9,11,14H,3-5,10H2,1-2H3/t12-,13-;. The van der Waals surface area contributed by atoms with E-state index in [9.17, 15) is 23.1 Å². The number of ether oxygens (including phenoxy) is 1. The number of Topliss-reactive ketones (excluding diaryl/α,β-unsaturated/α-hetero) is 1. The van der Waals surface area contributed by atoms with E-state index >= 15 is 0 Å². The van der Waals surface area contributed by atoms with Crippen LogP contribution < -0.4 is 9.62 Å². The lowest BCUT2D eigenvalue weighted by molar-refractivity contribution is -0.142. The Kier molecular flexibility index (Phi) is 11.5. The highest BCUT2D eigenvalue weighted by Gasteiger charge is 2.28. The quantitative estimate of drug-likeness (QED) is 0.321. The Balaban J connectivity index is 0.000000209. The number of carbonyl (C=O) groups is 2. The Morgan fingerprint density at radius 2 is 1.84 bits per heavy atom. The molecule has 2 fully saturated rings. The minimum Gasteiger partial charge on any atom is -0.469 e. The molecule has 3 aromatic rings. The lowest BCUT2D eigenvalue weighted by atomic mass is 9.86. The van der Waals surface area contributed by atoms with E-state index in [0.717, 1.165) is 68.1 Å². The molecule has 2 heterocycles. The SMILES string of the molecule is CNS(=O)(=O)C[C@H]1CC[C@H](N(C)c2ncnc3c2ccn3CO)CC1.COC(=O)C(C)c1ccc(CC2CCCC2=O)cc1. The van der Waals surface area contributed by atoms with Crippen molar-refractivity contribution in [3.63, 3.8) is 0 Å². The summed E-state index contributed by atoms with van der Waals surface area (Å²) < 4.78 is 32.2. The van der Waals surface area contributed by atoms with Crippen LogP contribution in [0.3, 0.4) is 0 Å². The van der Waals surface area contributed by atoms with E-state index in [2.05, 4.69) is 19.6 Å². The van der Waals surface area contributed by atoms with Crippen molar-refractivity contribution in [3.05, 3.63) is 54.0 Å². The third-order valence-corrected chi connectivity index (χ3v) is 10.6. The highest BCUT2D eigenvalue weighted by Crippen LogP contribution is 2.32. The van der Waals surface area contributed by atoms with E-state index in [1.54, 1.807) is 10.8 Å². The number of carbonyl (C=O) groups excluding carboxylic acids is 2. The molecule has 240 valence electrons. The molecule has 5 rings (SSSR count). The van der Waals surface area contributed by atoms with E-state index in [-0.39, 0.29) is 36.2 Å². The van der Waals surface area contributed by atoms with Gasteiger partial charge in [0.1, 0.15) is 30.3 Å². The van der Waals surface area contributed by atoms with Gasteiger partial charge in [0.15, 0.2) is 0 Å². The van der Waals surface area contributed by atoms with Crippen LogP contribution in [0.5, 0.6) is 0 Å². The first kappa shape index (κ1) is 33.5. The van der Waals surface area contributed by atoms with Gasteiger partial charge in [-0.15, -0.1) is 0 Å². The summed E-state index contributed by atoms with van der Waals surface area (Å²) in [7, 11) is 1.74. The molecule has 0 amide bonds. The van der Waals surface area contributed by atoms with Crippen molar-refractivity contribution in [3.8, 4) is 0 Å². The van der Waals surface area contributed by atoms with Gasteiger partial charge >= 0.3 is 5.97 Å². The topological polar surface area (TPSA) is 144 Å². The second-order valence-corrected chi connectivity index (χ2v) is 13.8. The van der Waals surface area contributed by atoms with E-state index in [0.29, 0.717) is 17.5 Å². The molecule has 2 N–H and O–H groups in total. The number of hydrogen-bond acceptors (Lipinski definition) is 9. The number of aliphatic hydroxyl groups is 1. The molecular weight excluding hydrogens is 582 g/mol. The molecule has 0 saturated heterocycles. The number of esters is 1. The number of methoxy groups -OCH3 is 1. The fourth-order valence-corrected chi connectivity index (χ4v) is 7.42. The predicted octanol–water partition coefficient (Wildman–Crippen LogP) is 3.80. The number of benzene rings is 1. The fourth-order valence-electron chi connectivity index (χ4n) is 6.29. The van der Waals surface area contributed by atoms with E-state index in [4.69, 9.17) is 4.74 Å². The number of nitrogens with zero attached hydrogens (tertiary/aromatic N) is 4. The first-order valence-electron chi connectivity index (χ1n) is 15.3. The summed E-state index contributed by atoms with van der Waals surface area (Å²) in [6.07, 6.45) is 10.6. The molecule has 44 heavy (non-hydrogen) atoms. The smallest absolute Gasteiger partial charge is 0.312 e. The fraction of sp³-hybridized carbons (Fsp3) is 0.562. The van der Waals surface area contributed by atoms with Crippen molar-refractivity contribution >= 4 is 38.6 Å². The molecule has 1 aromatic carbocycles. The molecule has 2 aliphatic rings. The molecule has 0 spiro atoms. The van der Waals surface area contributed by atoms with Gasteiger partial charge in [-0.2, -0.15) is 0 Å². The number of nitrogens with one attached hydrogen (secondary N) is 1. The number of rotatable bonds is 10. The molecule has 0 radical (unpaired) electrons. The summed E-state index contributed by atoms with van der Waals surface area (Å²) >= 11 is 0. The van der Waals surface area contributed by atoms with Crippen molar-refractivity contribution in [1.82, 2.24) is 19.3 Å². The third kappa shape index (κ3) is 8.22. The van der Waals surface area contributed by atoms with Crippen LogP contribution in [-0.4, -0.2) is 72.8 Å². The average Bonchev–Trinajstić information content (AvgIpc) is 3.66. The number of aliphatic hydroxyl groups excluding tert-OH is 1. The summed E-state index contributed by atoms with van der Waals surface area (Å²) in [6.45, 7) is 1.72. The summed E-state index contributed by atoms with van der Waals surface area (Å²) in [5.74, 6) is 1.39. The monoisotopic (exact) mass is 627 g/mol. The van der Waals surface area contributed by atoms with Gasteiger partial charge in [-0.05, 0) is 82.0 Å². The maximum atomic E-state index is 11.7. The van der Waals surface area contributed by atoms with Crippen molar-refractivity contribution in [1.29, 1.82) is 0 Å². The molecule has 12 heteroatoms. The van der Waals surface area contributed by atoms with Gasteiger partial charge in [0, 0.05) is 31.6 Å². The van der Waals surface area contributed by atoms with Gasteiger partial charge in [0.25, 0.3) is 0 Å². The zero-order valence-corrected chi connectivity index (χ0v) is 26.9. The van der Waals surface area contributed by atoms with Gasteiger partial charge in [-0.25, -0.2) is 23.1 Å². The number of aromatic nitrogens is 3. The van der Waals surface area contributed by atoms with Crippen LogP contribution in [0.1, 0.15) is 68.9 Å². The van der Waals surface area contributed by atoms with Gasteiger partial charge in [0.2, 0.25) is 10.0 Å². The maximum absolute atomic E-state index is 11.7. The molecule has 0 bridgehead atoms. The molecule has 2 atom stereocenters. The minimum atomic E-state index is -3.15. The van der Waals surface area contributed by atoms with Crippen LogP contribution in [0.25, 0.3) is 11.0 Å². The van der Waals surface area contributed by atoms with Crippen molar-refractivity contribution in [2.24, 2.45) is 11.8 Å². The molecule has 2 aromatic heterocycles. The van der Waals surface area contributed by atoms with Crippen LogP contribution in [0, 0.1) is 11.8 Å². The number of sulfonamides is 1. The van der Waals surface area contributed by atoms with E-state index < -0.39 is 10.0 Å². The number of ketones is 1. The van der Waals surface area contributed by atoms with Crippen LogP contribution in [0.15, 0.2) is 42.9 Å². The molecule has 0 aliphatic heterocycles. The van der Waals surface area contributed by atoms with Crippen molar-refractivity contribution in [2.75, 3.05) is 31.9 Å². The summed E-state index contributed by atoms with van der Waals surface area (Å²) in [4.78, 5) is 33.9. The Morgan fingerprint density at radius 1 is 1.14 bits per heavy atom. The normalized spacial score (nSPS) is 21.0. The van der Waals surface area contributed by atoms with Crippen molar-refractivity contribution < 1.29 is 27.9 Å². The molecule has 2 unspecified atom stereocenters. The van der Waals surface area contributed by atoms with Crippen LogP contribution in [0.2, 0.25) is 0 Å². The minimum absolute atomic E-state index is 0.116. The van der Waals surface area contributed by atoms with E-state index in [1.807, 2.05) is 44.3 Å². The van der Waals surface area contributed by atoms with Crippen LogP contribution in [0.4, 0.5) is 5.82 Å². The largest absolute Gasteiger partial charge is 0.469 e. The highest BCUT2D eigenvalue weighted by atomic mass is 32.2. The number of anilines is 1. The van der Waals surface area contributed by atoms with Gasteiger partial charge in [-0.1, -0.05) is 24.3 Å². The third-order valence-electron chi connectivity index (χ3n) is 9.10. The van der Waals surface area contributed by atoms with Gasteiger partial charge in [0.05, 0.1) is 24.2 Å². The Bertz CT molecular complexity index is 1520. The number of hydrogen-bond donors (Lipinski definition) is 2. The molecule has 2 aliphatic carbocycles. The Morgan fingerprint density at radius 3 is 2.43 bits per heavy atom. The second-order valence-electron chi connectivity index (χ2n) is 11.9. The summed E-state index contributed by atoms with van der Waals surface area (Å²) in [5.41, 5.74) is 2.84.